The van der Waals surface area contributed by atoms with Crippen LogP contribution in [0.1, 0.15) is 37.2 Å². The highest BCUT2D eigenvalue weighted by Crippen LogP contribution is 2.47. The quantitative estimate of drug-likeness (QED) is 0.785. The van der Waals surface area contributed by atoms with E-state index in [1.54, 1.807) is 18.2 Å². The predicted molar refractivity (Wildman–Crippen MR) is 82.5 cm³/mol. The molecule has 0 aromatic heterocycles. The van der Waals surface area contributed by atoms with E-state index in [1.807, 2.05) is 0 Å². The van der Waals surface area contributed by atoms with Gasteiger partial charge < -0.3 is 9.47 Å². The molecule has 1 aliphatic carbocycles. The molecule has 1 aromatic rings. The van der Waals surface area contributed by atoms with E-state index in [0.29, 0.717) is 42.4 Å². The first-order valence-corrected chi connectivity index (χ1v) is 7.90. The largest absolute Gasteiger partial charge is 0.496 e. The summed E-state index contributed by atoms with van der Waals surface area (Å²) in [6.07, 6.45) is 2.38. The van der Waals surface area contributed by atoms with Gasteiger partial charge in [0.2, 0.25) is 0 Å². The minimum Gasteiger partial charge on any atom is -0.496 e. The Labute approximate surface area is 134 Å². The van der Waals surface area contributed by atoms with Gasteiger partial charge in [0, 0.05) is 36.6 Å². The second-order valence-electron chi connectivity index (χ2n) is 6.19. The van der Waals surface area contributed by atoms with Gasteiger partial charge in [-0.05, 0) is 30.4 Å². The molecule has 1 aromatic carbocycles. The smallest absolute Gasteiger partial charge is 0.148 e. The summed E-state index contributed by atoms with van der Waals surface area (Å²) in [4.78, 5) is 25.4. The number of benzene rings is 1. The maximum Gasteiger partial charge on any atom is 0.148 e. The number of hydrogen-bond acceptors (Lipinski definition) is 4. The van der Waals surface area contributed by atoms with Gasteiger partial charge in [-0.25, -0.2) is 0 Å². The van der Waals surface area contributed by atoms with Gasteiger partial charge in [0.25, 0.3) is 0 Å². The molecule has 1 spiro atoms. The van der Waals surface area contributed by atoms with E-state index in [9.17, 15) is 9.59 Å². The lowest BCUT2D eigenvalue weighted by Crippen LogP contribution is -2.42. The molecule has 22 heavy (non-hydrogen) atoms. The fourth-order valence-corrected chi connectivity index (χ4v) is 3.92. The van der Waals surface area contributed by atoms with Crippen molar-refractivity contribution in [3.63, 3.8) is 0 Å². The molecule has 0 unspecified atom stereocenters. The number of ketones is 2. The van der Waals surface area contributed by atoms with Crippen molar-refractivity contribution in [2.45, 2.75) is 31.6 Å². The van der Waals surface area contributed by atoms with Crippen molar-refractivity contribution in [1.29, 1.82) is 0 Å². The number of carbonyl (C=O) groups is 2. The minimum absolute atomic E-state index is 0.0513. The van der Waals surface area contributed by atoms with Gasteiger partial charge in [-0.2, -0.15) is 0 Å². The molecule has 2 fully saturated rings. The van der Waals surface area contributed by atoms with Crippen molar-refractivity contribution in [3.05, 3.63) is 28.8 Å². The number of halogens is 1. The Morgan fingerprint density at radius 2 is 1.82 bits per heavy atom. The van der Waals surface area contributed by atoms with Crippen molar-refractivity contribution in [1.82, 2.24) is 0 Å². The molecule has 1 aliphatic heterocycles. The lowest BCUT2D eigenvalue weighted by molar-refractivity contribution is -0.139. The van der Waals surface area contributed by atoms with Crippen LogP contribution in [0.15, 0.2) is 18.2 Å². The Morgan fingerprint density at radius 1 is 1.18 bits per heavy atom. The molecule has 3 rings (SSSR count). The number of rotatable bonds is 2. The SMILES string of the molecule is COc1cccc(Cl)c1C1C(=O)CC2(CCOCC2)CC1=O. The lowest BCUT2D eigenvalue weighted by atomic mass is 9.64. The van der Waals surface area contributed by atoms with E-state index >= 15 is 0 Å². The summed E-state index contributed by atoms with van der Waals surface area (Å²) in [7, 11) is 1.52. The second-order valence-corrected chi connectivity index (χ2v) is 6.59. The van der Waals surface area contributed by atoms with Crippen LogP contribution < -0.4 is 4.74 Å². The van der Waals surface area contributed by atoms with Crippen molar-refractivity contribution < 1.29 is 19.1 Å². The zero-order valence-electron chi connectivity index (χ0n) is 12.6. The highest BCUT2D eigenvalue weighted by Gasteiger charge is 2.47. The second kappa shape index (κ2) is 6.01. The average molecular weight is 323 g/mol. The maximum absolute atomic E-state index is 12.7. The Hall–Kier alpha value is -1.39. The number of hydrogen-bond donors (Lipinski definition) is 0. The number of Topliss-reactive ketones (excluding diaryl/α,β-unsaturated/α-hetero) is 2. The Balaban J connectivity index is 1.94. The van der Waals surface area contributed by atoms with E-state index in [0.717, 1.165) is 12.8 Å². The lowest BCUT2D eigenvalue weighted by Gasteiger charge is -2.41. The standard InChI is InChI=1S/C17H19ClO4/c1-21-14-4-2-3-11(18)15(14)16-12(19)9-17(10-13(16)20)5-7-22-8-6-17/h2-4,16H,5-10H2,1H3. The van der Waals surface area contributed by atoms with Gasteiger partial charge in [-0.1, -0.05) is 17.7 Å². The number of ether oxygens (including phenoxy) is 2. The molecule has 5 heteroatoms. The first-order chi connectivity index (χ1) is 10.6. The van der Waals surface area contributed by atoms with Crippen LogP contribution in [0.5, 0.6) is 5.75 Å². The van der Waals surface area contributed by atoms with Crippen molar-refractivity contribution >= 4 is 23.2 Å². The third-order valence-corrected chi connectivity index (χ3v) is 5.15. The molecular formula is C17H19ClO4. The molecule has 0 N–H and O–H groups in total. The predicted octanol–water partition coefficient (Wildman–Crippen LogP) is 3.16. The molecular weight excluding hydrogens is 304 g/mol. The summed E-state index contributed by atoms with van der Waals surface area (Å²) in [5.74, 6) is -0.395. The highest BCUT2D eigenvalue weighted by atomic mass is 35.5. The van der Waals surface area contributed by atoms with Crippen LogP contribution in [0.4, 0.5) is 0 Å². The number of methoxy groups -OCH3 is 1. The van der Waals surface area contributed by atoms with Gasteiger partial charge in [-0.3, -0.25) is 9.59 Å². The fourth-order valence-electron chi connectivity index (χ4n) is 3.64. The summed E-state index contributed by atoms with van der Waals surface area (Å²) in [5.41, 5.74) is 0.306. The molecule has 1 saturated heterocycles. The summed E-state index contributed by atoms with van der Waals surface area (Å²) in [6.45, 7) is 1.25. The normalized spacial score (nSPS) is 22.1. The molecule has 0 radical (unpaired) electrons. The average Bonchev–Trinajstić information content (AvgIpc) is 2.48. The third-order valence-electron chi connectivity index (χ3n) is 4.82. The molecule has 4 nitrogen and oxygen atoms in total. The molecule has 0 atom stereocenters. The first-order valence-electron chi connectivity index (χ1n) is 7.52. The summed E-state index contributed by atoms with van der Waals surface area (Å²) >= 11 is 6.24. The van der Waals surface area contributed by atoms with Gasteiger partial charge in [0.1, 0.15) is 23.2 Å². The van der Waals surface area contributed by atoms with Crippen molar-refractivity contribution in [2.75, 3.05) is 20.3 Å². The summed E-state index contributed by atoms with van der Waals surface area (Å²) in [6, 6.07) is 5.18. The van der Waals surface area contributed by atoms with Crippen LogP contribution >= 0.6 is 11.6 Å². The van der Waals surface area contributed by atoms with Crippen LogP contribution in [0.25, 0.3) is 0 Å². The van der Waals surface area contributed by atoms with Crippen LogP contribution in [-0.2, 0) is 14.3 Å². The van der Waals surface area contributed by atoms with Crippen molar-refractivity contribution in [2.24, 2.45) is 5.41 Å². The van der Waals surface area contributed by atoms with E-state index in [4.69, 9.17) is 21.1 Å². The minimum atomic E-state index is -0.794. The Kier molecular flexibility index (Phi) is 4.24. The zero-order chi connectivity index (χ0) is 15.7. The highest BCUT2D eigenvalue weighted by molar-refractivity contribution is 6.32. The van der Waals surface area contributed by atoms with Crippen molar-refractivity contribution in [3.8, 4) is 5.75 Å². The van der Waals surface area contributed by atoms with Crippen LogP contribution in [0.3, 0.4) is 0 Å². The monoisotopic (exact) mass is 322 g/mol. The molecule has 1 heterocycles. The fraction of sp³-hybridized carbons (Fsp3) is 0.529. The Morgan fingerprint density at radius 3 is 2.41 bits per heavy atom. The van der Waals surface area contributed by atoms with E-state index in [2.05, 4.69) is 0 Å². The van der Waals surface area contributed by atoms with Gasteiger partial charge >= 0.3 is 0 Å². The molecule has 2 aliphatic rings. The third kappa shape index (κ3) is 2.66. The molecule has 118 valence electrons. The first kappa shape index (κ1) is 15.5. The molecule has 0 amide bonds. The van der Waals surface area contributed by atoms with Crippen LogP contribution in [0, 0.1) is 5.41 Å². The topological polar surface area (TPSA) is 52.6 Å². The number of carbonyl (C=O) groups excluding carboxylic acids is 2. The zero-order valence-corrected chi connectivity index (χ0v) is 13.3. The van der Waals surface area contributed by atoms with E-state index < -0.39 is 5.92 Å². The van der Waals surface area contributed by atoms with Gasteiger partial charge in [0.15, 0.2) is 0 Å². The van der Waals surface area contributed by atoms with E-state index in [1.165, 1.54) is 7.11 Å². The maximum atomic E-state index is 12.7. The van der Waals surface area contributed by atoms with Gasteiger partial charge in [-0.15, -0.1) is 0 Å². The van der Waals surface area contributed by atoms with Crippen LogP contribution in [0.2, 0.25) is 5.02 Å². The van der Waals surface area contributed by atoms with E-state index in [-0.39, 0.29) is 17.0 Å². The molecule has 0 bridgehead atoms. The summed E-state index contributed by atoms with van der Waals surface area (Å²) in [5, 5.41) is 0.411. The molecule has 1 saturated carbocycles. The summed E-state index contributed by atoms with van der Waals surface area (Å²) < 4.78 is 10.7. The Bertz CT molecular complexity index is 585. The van der Waals surface area contributed by atoms with Crippen LogP contribution in [-0.4, -0.2) is 31.9 Å². The van der Waals surface area contributed by atoms with Gasteiger partial charge in [0.05, 0.1) is 7.11 Å².